The second-order valence-corrected chi connectivity index (χ2v) is 6.70. The number of carbonyl (C=O) groups excluding carboxylic acids is 1. The van der Waals surface area contributed by atoms with Crippen molar-refractivity contribution < 1.29 is 9.53 Å². The molecule has 1 fully saturated rings. The molecule has 2 heterocycles. The first-order valence-corrected chi connectivity index (χ1v) is 9.11. The van der Waals surface area contributed by atoms with Gasteiger partial charge in [0.1, 0.15) is 6.10 Å². The standard InChI is InChI=1S/C22H22N2O2/c1-2-19(16-8-4-3-5-9-16)22(25)24-14-18(15-24)26-21-13-12-17-10-6-7-11-20(17)23-21/h3-13,18-19H,2,14-15H2,1H3. The van der Waals surface area contributed by atoms with Crippen LogP contribution in [0.3, 0.4) is 0 Å². The number of pyridine rings is 1. The van der Waals surface area contributed by atoms with Crippen molar-refractivity contribution in [3.05, 3.63) is 72.3 Å². The van der Waals surface area contributed by atoms with Gasteiger partial charge in [-0.25, -0.2) is 4.98 Å². The van der Waals surface area contributed by atoms with Crippen LogP contribution in [0.5, 0.6) is 5.88 Å². The van der Waals surface area contributed by atoms with Crippen molar-refractivity contribution in [2.45, 2.75) is 25.4 Å². The van der Waals surface area contributed by atoms with Gasteiger partial charge in [0.2, 0.25) is 11.8 Å². The second-order valence-electron chi connectivity index (χ2n) is 6.70. The van der Waals surface area contributed by atoms with Crippen LogP contribution >= 0.6 is 0 Å². The molecule has 0 aliphatic carbocycles. The largest absolute Gasteiger partial charge is 0.471 e. The highest BCUT2D eigenvalue weighted by molar-refractivity contribution is 5.84. The first-order chi connectivity index (χ1) is 12.7. The van der Waals surface area contributed by atoms with Crippen molar-refractivity contribution in [3.63, 3.8) is 0 Å². The summed E-state index contributed by atoms with van der Waals surface area (Å²) in [5, 5.41) is 1.10. The van der Waals surface area contributed by atoms with Crippen LogP contribution in [0, 0.1) is 0 Å². The lowest BCUT2D eigenvalue weighted by atomic mass is 9.93. The third kappa shape index (κ3) is 3.27. The molecule has 1 amide bonds. The predicted molar refractivity (Wildman–Crippen MR) is 102 cm³/mol. The fraction of sp³-hybridized carbons (Fsp3) is 0.273. The Morgan fingerprint density at radius 3 is 2.58 bits per heavy atom. The Morgan fingerprint density at radius 1 is 1.08 bits per heavy atom. The third-order valence-corrected chi connectivity index (χ3v) is 4.93. The Balaban J connectivity index is 1.37. The number of carbonyl (C=O) groups is 1. The van der Waals surface area contributed by atoms with Crippen molar-refractivity contribution in [2.24, 2.45) is 0 Å². The summed E-state index contributed by atoms with van der Waals surface area (Å²) in [6.45, 7) is 3.30. The molecule has 132 valence electrons. The monoisotopic (exact) mass is 346 g/mol. The molecule has 1 aliphatic rings. The maximum absolute atomic E-state index is 12.8. The highest BCUT2D eigenvalue weighted by Crippen LogP contribution is 2.26. The number of aromatic nitrogens is 1. The van der Waals surface area contributed by atoms with Gasteiger partial charge in [-0.15, -0.1) is 0 Å². The van der Waals surface area contributed by atoms with Gasteiger partial charge in [-0.3, -0.25) is 4.79 Å². The summed E-state index contributed by atoms with van der Waals surface area (Å²) in [7, 11) is 0. The quantitative estimate of drug-likeness (QED) is 0.701. The minimum atomic E-state index is -0.0732. The Hall–Kier alpha value is -2.88. The maximum atomic E-state index is 12.8. The summed E-state index contributed by atoms with van der Waals surface area (Å²) < 4.78 is 5.95. The van der Waals surface area contributed by atoms with E-state index in [0.29, 0.717) is 19.0 Å². The van der Waals surface area contributed by atoms with Gasteiger partial charge >= 0.3 is 0 Å². The molecule has 4 heteroatoms. The average molecular weight is 346 g/mol. The minimum absolute atomic E-state index is 0.0147. The Kier molecular flexibility index (Phi) is 4.57. The maximum Gasteiger partial charge on any atom is 0.230 e. The molecule has 0 bridgehead atoms. The van der Waals surface area contributed by atoms with Crippen LogP contribution in [0.1, 0.15) is 24.8 Å². The molecule has 0 spiro atoms. The van der Waals surface area contributed by atoms with E-state index in [1.165, 1.54) is 0 Å². The van der Waals surface area contributed by atoms with Crippen molar-refractivity contribution in [3.8, 4) is 5.88 Å². The smallest absolute Gasteiger partial charge is 0.230 e. The topological polar surface area (TPSA) is 42.4 Å². The van der Waals surface area contributed by atoms with E-state index in [4.69, 9.17) is 4.74 Å². The normalized spacial score (nSPS) is 15.5. The van der Waals surface area contributed by atoms with E-state index in [9.17, 15) is 4.79 Å². The number of hydrogen-bond acceptors (Lipinski definition) is 3. The van der Waals surface area contributed by atoms with Gasteiger partial charge in [0.05, 0.1) is 24.5 Å². The first-order valence-electron chi connectivity index (χ1n) is 9.11. The highest BCUT2D eigenvalue weighted by Gasteiger charge is 2.35. The zero-order chi connectivity index (χ0) is 17.9. The summed E-state index contributed by atoms with van der Waals surface area (Å²) in [6, 6.07) is 21.9. The summed E-state index contributed by atoms with van der Waals surface area (Å²) in [5.74, 6) is 0.733. The number of ether oxygens (including phenoxy) is 1. The summed E-state index contributed by atoms with van der Waals surface area (Å²) >= 11 is 0. The van der Waals surface area contributed by atoms with Crippen LogP contribution in [0.15, 0.2) is 66.7 Å². The first kappa shape index (κ1) is 16.6. The van der Waals surface area contributed by atoms with E-state index in [-0.39, 0.29) is 17.9 Å². The van der Waals surface area contributed by atoms with Crippen molar-refractivity contribution in [2.75, 3.05) is 13.1 Å². The van der Waals surface area contributed by atoms with Gasteiger partial charge in [0.15, 0.2) is 0 Å². The fourth-order valence-electron chi connectivity index (χ4n) is 3.43. The van der Waals surface area contributed by atoms with Crippen LogP contribution in [0.25, 0.3) is 10.9 Å². The van der Waals surface area contributed by atoms with Crippen LogP contribution in [-0.4, -0.2) is 35.0 Å². The van der Waals surface area contributed by atoms with Gasteiger partial charge in [-0.2, -0.15) is 0 Å². The van der Waals surface area contributed by atoms with E-state index < -0.39 is 0 Å². The van der Waals surface area contributed by atoms with Gasteiger partial charge < -0.3 is 9.64 Å². The zero-order valence-corrected chi connectivity index (χ0v) is 14.8. The zero-order valence-electron chi connectivity index (χ0n) is 14.8. The lowest BCUT2D eigenvalue weighted by Crippen LogP contribution is -2.57. The van der Waals surface area contributed by atoms with Gasteiger partial charge in [-0.1, -0.05) is 55.5 Å². The number of nitrogens with zero attached hydrogens (tertiary/aromatic N) is 2. The number of rotatable bonds is 5. The number of fused-ring (bicyclic) bond motifs is 1. The molecule has 1 unspecified atom stereocenters. The molecule has 1 saturated heterocycles. The van der Waals surface area contributed by atoms with Gasteiger partial charge in [0.25, 0.3) is 0 Å². The molecule has 4 nitrogen and oxygen atoms in total. The molecule has 26 heavy (non-hydrogen) atoms. The Labute approximate surface area is 153 Å². The number of hydrogen-bond donors (Lipinski definition) is 0. The number of benzene rings is 2. The van der Waals surface area contributed by atoms with Crippen LogP contribution < -0.4 is 4.74 Å². The van der Waals surface area contributed by atoms with Crippen molar-refractivity contribution in [1.29, 1.82) is 0 Å². The summed E-state index contributed by atoms with van der Waals surface area (Å²) in [4.78, 5) is 19.2. The number of para-hydroxylation sites is 1. The molecular weight excluding hydrogens is 324 g/mol. The van der Waals surface area contributed by atoms with E-state index in [1.54, 1.807) is 0 Å². The molecule has 0 radical (unpaired) electrons. The number of likely N-dealkylation sites (tertiary alicyclic amines) is 1. The molecule has 0 N–H and O–H groups in total. The molecular formula is C22H22N2O2. The lowest BCUT2D eigenvalue weighted by Gasteiger charge is -2.40. The van der Waals surface area contributed by atoms with E-state index in [1.807, 2.05) is 71.6 Å². The van der Waals surface area contributed by atoms with Crippen LogP contribution in [-0.2, 0) is 4.79 Å². The molecule has 4 rings (SSSR count). The Morgan fingerprint density at radius 2 is 1.81 bits per heavy atom. The number of amides is 1. The SMILES string of the molecule is CCC(C(=O)N1CC(Oc2ccc3ccccc3n2)C1)c1ccccc1. The van der Waals surface area contributed by atoms with Crippen LogP contribution in [0.4, 0.5) is 0 Å². The molecule has 2 aromatic carbocycles. The lowest BCUT2D eigenvalue weighted by molar-refractivity contribution is -0.141. The molecule has 3 aromatic rings. The van der Waals surface area contributed by atoms with Gasteiger partial charge in [-0.05, 0) is 24.1 Å². The predicted octanol–water partition coefficient (Wildman–Crippen LogP) is 4.02. The molecule has 1 aromatic heterocycles. The Bertz CT molecular complexity index is 904. The van der Waals surface area contributed by atoms with E-state index >= 15 is 0 Å². The minimum Gasteiger partial charge on any atom is -0.471 e. The molecule has 1 aliphatic heterocycles. The van der Waals surface area contributed by atoms with Gasteiger partial charge in [0, 0.05) is 11.5 Å². The molecule has 1 atom stereocenters. The highest BCUT2D eigenvalue weighted by atomic mass is 16.5. The van der Waals surface area contributed by atoms with E-state index in [2.05, 4.69) is 11.9 Å². The van der Waals surface area contributed by atoms with Crippen molar-refractivity contribution in [1.82, 2.24) is 9.88 Å². The fourth-order valence-corrected chi connectivity index (χ4v) is 3.43. The second kappa shape index (κ2) is 7.16. The average Bonchev–Trinajstić information content (AvgIpc) is 2.65. The van der Waals surface area contributed by atoms with Crippen molar-refractivity contribution >= 4 is 16.8 Å². The van der Waals surface area contributed by atoms with E-state index in [0.717, 1.165) is 22.9 Å². The summed E-state index contributed by atoms with van der Waals surface area (Å²) in [6.07, 6.45) is 0.817. The molecule has 0 saturated carbocycles. The third-order valence-electron chi connectivity index (χ3n) is 4.93. The summed E-state index contributed by atoms with van der Waals surface area (Å²) in [5.41, 5.74) is 2.01. The van der Waals surface area contributed by atoms with Crippen LogP contribution in [0.2, 0.25) is 0 Å².